The zero-order valence-electron chi connectivity index (χ0n) is 18.4. The minimum atomic E-state index is -3.45. The van der Waals surface area contributed by atoms with Gasteiger partial charge in [0.05, 0.1) is 34.9 Å². The van der Waals surface area contributed by atoms with E-state index in [1.54, 1.807) is 18.5 Å². The molecule has 2 fully saturated rings. The molecule has 4 heterocycles. The summed E-state index contributed by atoms with van der Waals surface area (Å²) in [7, 11) is -3.45. The molecule has 2 N–H and O–H groups in total. The van der Waals surface area contributed by atoms with Crippen molar-refractivity contribution in [2.24, 2.45) is 0 Å². The van der Waals surface area contributed by atoms with E-state index < -0.39 is 10.0 Å². The quantitative estimate of drug-likeness (QED) is 0.408. The second-order valence-electron chi connectivity index (χ2n) is 8.79. The highest BCUT2D eigenvalue weighted by Crippen LogP contribution is 2.34. The first-order valence-electron chi connectivity index (χ1n) is 11.4. The number of anilines is 2. The maximum absolute atomic E-state index is 12.4. The second-order valence-corrected chi connectivity index (χ2v) is 10.9. The number of aromatic nitrogens is 7. The summed E-state index contributed by atoms with van der Waals surface area (Å²) in [5, 5.41) is 16.7. The van der Waals surface area contributed by atoms with Crippen LogP contribution in [0.1, 0.15) is 50.4 Å². The largest absolute Gasteiger partial charge is 0.388 e. The molecular weight excluding hydrogens is 456 g/mol. The first-order valence-corrected chi connectivity index (χ1v) is 12.9. The third-order valence-electron chi connectivity index (χ3n) is 6.42. The topological polar surface area (TPSA) is 141 Å². The fourth-order valence-corrected chi connectivity index (χ4v) is 6.05. The van der Waals surface area contributed by atoms with Gasteiger partial charge in [0.25, 0.3) is 10.0 Å². The van der Waals surface area contributed by atoms with E-state index in [2.05, 4.69) is 34.9 Å². The lowest BCUT2D eigenvalue weighted by Crippen LogP contribution is -2.17. The molecule has 4 aromatic rings. The Morgan fingerprint density at radius 3 is 2.65 bits per heavy atom. The summed E-state index contributed by atoms with van der Waals surface area (Å²) < 4.78 is 28.0. The Labute approximate surface area is 196 Å². The van der Waals surface area contributed by atoms with Crippen molar-refractivity contribution < 1.29 is 13.5 Å². The molecular formula is C22H24N8O3S. The first kappa shape index (κ1) is 21.2. The average molecular weight is 481 g/mol. The van der Waals surface area contributed by atoms with Gasteiger partial charge in [0.15, 0.2) is 5.82 Å². The Kier molecular flexibility index (Phi) is 5.06. The van der Waals surface area contributed by atoms with E-state index >= 15 is 0 Å². The number of hydrogen-bond acceptors (Lipinski definition) is 9. The van der Waals surface area contributed by atoms with Crippen molar-refractivity contribution in [2.45, 2.75) is 56.4 Å². The molecule has 2 saturated carbocycles. The van der Waals surface area contributed by atoms with Crippen molar-refractivity contribution in [3.05, 3.63) is 42.7 Å². The number of rotatable bonds is 7. The second kappa shape index (κ2) is 8.13. The Morgan fingerprint density at radius 1 is 1.06 bits per heavy atom. The molecule has 0 aliphatic heterocycles. The van der Waals surface area contributed by atoms with Gasteiger partial charge in [-0.3, -0.25) is 0 Å². The maximum atomic E-state index is 12.4. The van der Waals surface area contributed by atoms with E-state index in [0.29, 0.717) is 47.7 Å². The summed E-state index contributed by atoms with van der Waals surface area (Å²) in [5.74, 6) is 2.13. The maximum Gasteiger partial charge on any atom is 0.256 e. The SMILES string of the molecule is O=S(=O)(C1CC1)n1cc(-c2nccc(Nc3cc4c(cn3)nc(CO)n4C3CCCC3)n2)cn1. The molecule has 0 spiro atoms. The molecule has 0 atom stereocenters. The smallest absolute Gasteiger partial charge is 0.256 e. The van der Waals surface area contributed by atoms with Crippen molar-refractivity contribution in [1.82, 2.24) is 33.7 Å². The molecule has 11 nitrogen and oxygen atoms in total. The van der Waals surface area contributed by atoms with Crippen LogP contribution in [0.3, 0.4) is 0 Å². The fraction of sp³-hybridized carbons (Fsp3) is 0.409. The summed E-state index contributed by atoms with van der Waals surface area (Å²) in [5.41, 5.74) is 2.19. The lowest BCUT2D eigenvalue weighted by Gasteiger charge is -2.15. The Balaban J connectivity index is 1.29. The van der Waals surface area contributed by atoms with Gasteiger partial charge in [0, 0.05) is 18.3 Å². The van der Waals surface area contributed by atoms with Gasteiger partial charge in [-0.2, -0.15) is 9.19 Å². The molecule has 0 unspecified atom stereocenters. The van der Waals surface area contributed by atoms with Crippen molar-refractivity contribution in [2.75, 3.05) is 5.32 Å². The molecule has 12 heteroatoms. The molecule has 0 bridgehead atoms. The van der Waals surface area contributed by atoms with Crippen LogP contribution in [-0.4, -0.2) is 52.5 Å². The van der Waals surface area contributed by atoms with Gasteiger partial charge in [-0.05, 0) is 31.7 Å². The molecule has 0 saturated heterocycles. The molecule has 2 aliphatic rings. The van der Waals surface area contributed by atoms with Crippen LogP contribution in [-0.2, 0) is 16.6 Å². The van der Waals surface area contributed by atoms with Crippen LogP contribution in [0.2, 0.25) is 0 Å². The minimum Gasteiger partial charge on any atom is -0.388 e. The fourth-order valence-electron chi connectivity index (χ4n) is 4.58. The highest BCUT2D eigenvalue weighted by Gasteiger charge is 2.37. The zero-order valence-corrected chi connectivity index (χ0v) is 19.2. The Hall–Kier alpha value is -3.38. The van der Waals surface area contributed by atoms with E-state index in [4.69, 9.17) is 0 Å². The van der Waals surface area contributed by atoms with Crippen molar-refractivity contribution in [3.8, 4) is 11.4 Å². The van der Waals surface area contributed by atoms with E-state index in [0.717, 1.165) is 28.0 Å². The number of fused-ring (bicyclic) bond motifs is 1. The van der Waals surface area contributed by atoms with Gasteiger partial charge >= 0.3 is 0 Å². The summed E-state index contributed by atoms with van der Waals surface area (Å²) >= 11 is 0. The van der Waals surface area contributed by atoms with Crippen LogP contribution in [0.15, 0.2) is 36.9 Å². The normalized spacial score (nSPS) is 17.0. The van der Waals surface area contributed by atoms with Gasteiger partial charge in [-0.15, -0.1) is 0 Å². The van der Waals surface area contributed by atoms with E-state index in [1.807, 2.05) is 6.07 Å². The van der Waals surface area contributed by atoms with Crippen LogP contribution in [0.25, 0.3) is 22.4 Å². The Morgan fingerprint density at radius 2 is 1.88 bits per heavy atom. The minimum absolute atomic E-state index is 0.118. The number of pyridine rings is 1. The van der Waals surface area contributed by atoms with E-state index in [1.165, 1.54) is 25.2 Å². The lowest BCUT2D eigenvalue weighted by molar-refractivity contribution is 0.261. The monoisotopic (exact) mass is 480 g/mol. The number of hydrogen-bond donors (Lipinski definition) is 2. The predicted octanol–water partition coefficient (Wildman–Crippen LogP) is 2.78. The van der Waals surface area contributed by atoms with Crippen LogP contribution in [0, 0.1) is 0 Å². The summed E-state index contributed by atoms with van der Waals surface area (Å²) in [4.78, 5) is 17.8. The molecule has 4 aromatic heterocycles. The Bertz CT molecular complexity index is 1470. The van der Waals surface area contributed by atoms with Crippen molar-refractivity contribution >= 4 is 32.7 Å². The zero-order chi connectivity index (χ0) is 23.3. The molecule has 34 heavy (non-hydrogen) atoms. The number of aliphatic hydroxyl groups excluding tert-OH is 1. The number of nitrogens with one attached hydrogen (secondary N) is 1. The third-order valence-corrected chi connectivity index (χ3v) is 8.45. The standard InChI is InChI=1S/C22H24N8O3S/c31-13-21-26-17-11-24-20(9-18(17)30(21)15-3-1-2-4-15)27-19-7-8-23-22(28-19)14-10-25-29(12-14)34(32,33)16-5-6-16/h7-12,15-16,31H,1-6,13H2,(H,23,24,27,28). The van der Waals surface area contributed by atoms with Gasteiger partial charge in [0.1, 0.15) is 29.6 Å². The summed E-state index contributed by atoms with van der Waals surface area (Å²) in [6.45, 7) is -0.118. The van der Waals surface area contributed by atoms with E-state index in [-0.39, 0.29) is 11.9 Å². The van der Waals surface area contributed by atoms with Gasteiger partial charge < -0.3 is 15.0 Å². The summed E-state index contributed by atoms with van der Waals surface area (Å²) in [6, 6.07) is 3.97. The molecule has 176 valence electrons. The van der Waals surface area contributed by atoms with Gasteiger partial charge in [0.2, 0.25) is 0 Å². The first-order chi connectivity index (χ1) is 16.5. The van der Waals surface area contributed by atoms with Crippen LogP contribution < -0.4 is 5.32 Å². The van der Waals surface area contributed by atoms with Crippen LogP contribution in [0.4, 0.5) is 11.6 Å². The molecule has 0 radical (unpaired) electrons. The van der Waals surface area contributed by atoms with Crippen molar-refractivity contribution in [3.63, 3.8) is 0 Å². The summed E-state index contributed by atoms with van der Waals surface area (Å²) in [6.07, 6.45) is 12.0. The van der Waals surface area contributed by atoms with Crippen LogP contribution >= 0.6 is 0 Å². The highest BCUT2D eigenvalue weighted by molar-refractivity contribution is 7.90. The highest BCUT2D eigenvalue weighted by atomic mass is 32.2. The van der Waals surface area contributed by atoms with Gasteiger partial charge in [-0.25, -0.2) is 28.4 Å². The lowest BCUT2D eigenvalue weighted by atomic mass is 10.2. The molecule has 0 amide bonds. The molecule has 0 aromatic carbocycles. The molecule has 6 rings (SSSR count). The molecule has 2 aliphatic carbocycles. The average Bonchev–Trinajstić information content (AvgIpc) is 3.24. The number of aliphatic hydroxyl groups is 1. The van der Waals surface area contributed by atoms with Gasteiger partial charge in [-0.1, -0.05) is 12.8 Å². The van der Waals surface area contributed by atoms with Crippen LogP contribution in [0.5, 0.6) is 0 Å². The van der Waals surface area contributed by atoms with Crippen molar-refractivity contribution in [1.29, 1.82) is 0 Å². The predicted molar refractivity (Wildman–Crippen MR) is 125 cm³/mol. The number of imidazole rings is 1. The van der Waals surface area contributed by atoms with E-state index in [9.17, 15) is 13.5 Å². The number of nitrogens with zero attached hydrogens (tertiary/aromatic N) is 7. The third kappa shape index (κ3) is 3.72.